The minimum Gasteiger partial charge on any atom is -0.452 e. The highest BCUT2D eigenvalue weighted by Gasteiger charge is 2.27. The number of ketones is 1. The zero-order valence-corrected chi connectivity index (χ0v) is 22.4. The number of nitrogens with one attached hydrogen (secondary N) is 1. The molecule has 188 valence electrons. The van der Waals surface area contributed by atoms with Crippen LogP contribution in [0.5, 0.6) is 0 Å². The molecule has 0 aliphatic rings. The number of imidazole rings is 1. The van der Waals surface area contributed by atoms with Crippen LogP contribution in [0.3, 0.4) is 0 Å². The first-order valence-electron chi connectivity index (χ1n) is 11.2. The zero-order chi connectivity index (χ0) is 26.0. The number of hydrogen-bond donors (Lipinski definition) is 1. The predicted molar refractivity (Wildman–Crippen MR) is 136 cm³/mol. The molecular formula is C25H31N3O5S2. The van der Waals surface area contributed by atoms with Gasteiger partial charge in [-0.3, -0.25) is 4.79 Å². The van der Waals surface area contributed by atoms with Crippen molar-refractivity contribution in [1.29, 1.82) is 0 Å². The van der Waals surface area contributed by atoms with Crippen LogP contribution in [0.15, 0.2) is 46.9 Å². The molecule has 0 spiro atoms. The van der Waals surface area contributed by atoms with Crippen LogP contribution >= 0.6 is 11.3 Å². The summed E-state index contributed by atoms with van der Waals surface area (Å²) in [6.45, 7) is 10.3. The Hall–Kier alpha value is -2.98. The van der Waals surface area contributed by atoms with Crippen molar-refractivity contribution in [3.63, 3.8) is 0 Å². The van der Waals surface area contributed by atoms with Gasteiger partial charge in [0.25, 0.3) is 10.0 Å². The molecule has 2 aromatic heterocycles. The van der Waals surface area contributed by atoms with E-state index in [4.69, 9.17) is 0 Å². The lowest BCUT2D eigenvalue weighted by molar-refractivity contribution is 0.0970. The van der Waals surface area contributed by atoms with Gasteiger partial charge in [-0.15, -0.1) is 11.3 Å². The van der Waals surface area contributed by atoms with Gasteiger partial charge in [0.2, 0.25) is 0 Å². The van der Waals surface area contributed by atoms with E-state index in [0.29, 0.717) is 29.0 Å². The molecule has 0 saturated carbocycles. The fraction of sp³-hybridized carbons (Fsp3) is 0.400. The monoisotopic (exact) mass is 517 g/mol. The molecule has 3 aromatic rings. The molecule has 1 amide bonds. The molecule has 0 radical (unpaired) electrons. The standard InChI is InChI=1S/C25H31N3O5S2/c1-16(2)12-19-14-20(22(34-19)35(31,32)27-24(30)33-6)17-8-7-9-18(13-17)21(29)15-28-11-10-26-23(28)25(3,4)5/h7-11,13-14,16H,12,15H2,1-6H3,(H,27,30). The van der Waals surface area contributed by atoms with Gasteiger partial charge in [0, 0.05) is 33.8 Å². The predicted octanol–water partition coefficient (Wildman–Crippen LogP) is 5.04. The number of benzene rings is 1. The number of hydrogen-bond acceptors (Lipinski definition) is 7. The summed E-state index contributed by atoms with van der Waals surface area (Å²) in [6.07, 6.45) is 3.08. The van der Waals surface area contributed by atoms with Crippen molar-refractivity contribution in [2.75, 3.05) is 7.11 Å². The molecule has 0 aliphatic heterocycles. The van der Waals surface area contributed by atoms with E-state index in [-0.39, 0.29) is 22.0 Å². The smallest absolute Gasteiger partial charge is 0.420 e. The number of carbonyl (C=O) groups is 2. The summed E-state index contributed by atoms with van der Waals surface area (Å²) in [5.41, 5.74) is 1.26. The fourth-order valence-corrected chi connectivity index (χ4v) is 6.58. The maximum Gasteiger partial charge on any atom is 0.420 e. The van der Waals surface area contributed by atoms with Crippen molar-refractivity contribution < 1.29 is 22.7 Å². The van der Waals surface area contributed by atoms with E-state index >= 15 is 0 Å². The maximum atomic E-state index is 13.2. The van der Waals surface area contributed by atoms with E-state index in [9.17, 15) is 18.0 Å². The van der Waals surface area contributed by atoms with E-state index in [0.717, 1.165) is 29.1 Å². The number of rotatable bonds is 8. The number of carbonyl (C=O) groups excluding carboxylic acids is 2. The first-order chi connectivity index (χ1) is 16.3. The Bertz CT molecular complexity index is 1330. The van der Waals surface area contributed by atoms with E-state index in [1.54, 1.807) is 36.7 Å². The summed E-state index contributed by atoms with van der Waals surface area (Å²) in [4.78, 5) is 30.1. The molecule has 0 bridgehead atoms. The van der Waals surface area contributed by atoms with Gasteiger partial charge in [0.05, 0.1) is 13.7 Å². The van der Waals surface area contributed by atoms with Crippen molar-refractivity contribution in [3.05, 3.63) is 59.0 Å². The van der Waals surface area contributed by atoms with Crippen LogP contribution in [0, 0.1) is 5.92 Å². The second kappa shape index (κ2) is 10.3. The SMILES string of the molecule is COC(=O)NS(=O)(=O)c1sc(CC(C)C)cc1-c1cccc(C(=O)Cn2ccnc2C(C)(C)C)c1. The van der Waals surface area contributed by atoms with Gasteiger partial charge in [-0.2, -0.15) is 0 Å². The van der Waals surface area contributed by atoms with E-state index in [2.05, 4.69) is 9.72 Å². The Labute approximate surface area is 210 Å². The van der Waals surface area contributed by atoms with Crippen LogP contribution < -0.4 is 4.72 Å². The van der Waals surface area contributed by atoms with Crippen molar-refractivity contribution >= 4 is 33.2 Å². The van der Waals surface area contributed by atoms with Crippen molar-refractivity contribution in [1.82, 2.24) is 14.3 Å². The molecular weight excluding hydrogens is 486 g/mol. The molecule has 1 aromatic carbocycles. The largest absolute Gasteiger partial charge is 0.452 e. The fourth-order valence-electron chi connectivity index (χ4n) is 3.71. The minimum absolute atomic E-state index is 0.00720. The molecule has 2 heterocycles. The molecule has 10 heteroatoms. The molecule has 0 aliphatic carbocycles. The molecule has 0 unspecified atom stereocenters. The van der Waals surface area contributed by atoms with Crippen LogP contribution in [-0.2, 0) is 33.1 Å². The third-order valence-electron chi connectivity index (χ3n) is 5.20. The van der Waals surface area contributed by atoms with Crippen LogP contribution in [0.2, 0.25) is 0 Å². The van der Waals surface area contributed by atoms with Crippen molar-refractivity contribution in [2.24, 2.45) is 5.92 Å². The summed E-state index contributed by atoms with van der Waals surface area (Å²) < 4.78 is 34.2. The first kappa shape index (κ1) is 26.6. The van der Waals surface area contributed by atoms with Crippen LogP contribution in [0.4, 0.5) is 4.79 Å². The van der Waals surface area contributed by atoms with Gasteiger partial charge in [-0.25, -0.2) is 22.9 Å². The highest BCUT2D eigenvalue weighted by molar-refractivity contribution is 7.92. The summed E-state index contributed by atoms with van der Waals surface area (Å²) >= 11 is 1.11. The molecule has 0 atom stereocenters. The second-order valence-corrected chi connectivity index (χ2v) is 12.8. The normalized spacial score (nSPS) is 12.1. The average Bonchev–Trinajstić information content (AvgIpc) is 3.40. The summed E-state index contributed by atoms with van der Waals surface area (Å²) in [6, 6.07) is 8.70. The highest BCUT2D eigenvalue weighted by Crippen LogP contribution is 2.36. The van der Waals surface area contributed by atoms with Crippen LogP contribution in [-0.4, -0.2) is 37.0 Å². The van der Waals surface area contributed by atoms with Gasteiger partial charge in [-0.1, -0.05) is 52.8 Å². The summed E-state index contributed by atoms with van der Waals surface area (Å²) in [5.74, 6) is 0.997. The Kier molecular flexibility index (Phi) is 7.86. The van der Waals surface area contributed by atoms with E-state index < -0.39 is 16.1 Å². The third kappa shape index (κ3) is 6.37. The number of ether oxygens (including phenoxy) is 1. The molecule has 3 rings (SSSR count). The number of amides is 1. The van der Waals surface area contributed by atoms with Gasteiger partial charge in [0.1, 0.15) is 10.0 Å². The summed E-state index contributed by atoms with van der Waals surface area (Å²) in [7, 11) is -3.06. The second-order valence-electron chi connectivity index (χ2n) is 9.74. The van der Waals surface area contributed by atoms with Gasteiger partial charge >= 0.3 is 6.09 Å². The number of aromatic nitrogens is 2. The number of methoxy groups -OCH3 is 1. The quantitative estimate of drug-likeness (QED) is 0.420. The Balaban J connectivity index is 2.00. The van der Waals surface area contributed by atoms with Crippen LogP contribution in [0.1, 0.15) is 55.7 Å². The van der Waals surface area contributed by atoms with Crippen LogP contribution in [0.25, 0.3) is 11.1 Å². The molecule has 0 fully saturated rings. The summed E-state index contributed by atoms with van der Waals surface area (Å²) in [5, 5.41) is 0. The Morgan fingerprint density at radius 2 is 1.91 bits per heavy atom. The lowest BCUT2D eigenvalue weighted by Crippen LogP contribution is -2.30. The number of Topliss-reactive ketones (excluding diaryl/α,β-unsaturated/α-hetero) is 1. The van der Waals surface area contributed by atoms with Crippen molar-refractivity contribution in [2.45, 2.75) is 57.2 Å². The first-order valence-corrected chi connectivity index (χ1v) is 13.5. The van der Waals surface area contributed by atoms with E-state index in [1.165, 1.54) is 0 Å². The maximum absolute atomic E-state index is 13.2. The highest BCUT2D eigenvalue weighted by atomic mass is 32.2. The topological polar surface area (TPSA) is 107 Å². The number of nitrogens with zero attached hydrogens (tertiary/aromatic N) is 2. The van der Waals surface area contributed by atoms with Gasteiger partial charge < -0.3 is 9.30 Å². The zero-order valence-electron chi connectivity index (χ0n) is 20.8. The Morgan fingerprint density at radius 1 is 1.20 bits per heavy atom. The molecule has 0 saturated heterocycles. The lowest BCUT2D eigenvalue weighted by Gasteiger charge is -2.19. The Morgan fingerprint density at radius 3 is 2.54 bits per heavy atom. The lowest BCUT2D eigenvalue weighted by atomic mass is 9.95. The minimum atomic E-state index is -4.16. The molecule has 8 nitrogen and oxygen atoms in total. The van der Waals surface area contributed by atoms with Gasteiger partial charge in [0.15, 0.2) is 5.78 Å². The van der Waals surface area contributed by atoms with Crippen molar-refractivity contribution in [3.8, 4) is 11.1 Å². The van der Waals surface area contributed by atoms with E-state index in [1.807, 2.05) is 50.0 Å². The number of thiophene rings is 1. The third-order valence-corrected chi connectivity index (χ3v) is 8.21. The molecule has 35 heavy (non-hydrogen) atoms. The van der Waals surface area contributed by atoms with Gasteiger partial charge in [-0.05, 0) is 30.0 Å². The molecule has 1 N–H and O–H groups in total. The number of sulfonamides is 1. The average molecular weight is 518 g/mol.